The van der Waals surface area contributed by atoms with Crippen LogP contribution in [0.25, 0.3) is 0 Å². The minimum absolute atomic E-state index is 0.0459. The van der Waals surface area contributed by atoms with Crippen LogP contribution in [0.15, 0.2) is 8.68 Å². The molecule has 4 rings (SSSR count). The van der Waals surface area contributed by atoms with Crippen LogP contribution in [0.2, 0.25) is 0 Å². The van der Waals surface area contributed by atoms with E-state index in [1.807, 2.05) is 0 Å². The number of hydrogen-bond donors (Lipinski definition) is 4. The summed E-state index contributed by atoms with van der Waals surface area (Å²) in [5.74, 6) is -4.14. The Bertz CT molecular complexity index is 1600. The number of rotatable bonds is 8. The maximum atomic E-state index is 12.7. The van der Waals surface area contributed by atoms with E-state index in [2.05, 4.69) is 31.0 Å². The van der Waals surface area contributed by atoms with Crippen LogP contribution in [0, 0.1) is 0 Å². The molecular weight excluding hydrogens is 718 g/mol. The number of fused-ring (bicyclic) bond motifs is 4. The third-order valence-corrected chi connectivity index (χ3v) is 11.4. The van der Waals surface area contributed by atoms with E-state index in [4.69, 9.17) is 21.6 Å². The minimum atomic E-state index is -4.14. The van der Waals surface area contributed by atoms with Gasteiger partial charge in [0.05, 0.1) is 32.7 Å². The number of nitrogens with two attached hydrogens (primary N) is 2. The lowest BCUT2D eigenvalue weighted by Crippen LogP contribution is -2.46. The molecule has 0 aliphatic carbocycles. The third kappa shape index (κ3) is 10.9. The molecule has 2 fully saturated rings. The number of nitrogens with zero attached hydrogens (tertiary/aromatic N) is 7. The van der Waals surface area contributed by atoms with Crippen molar-refractivity contribution in [2.45, 2.75) is 8.68 Å². The quantitative estimate of drug-likeness (QED) is 0.145. The molecule has 0 aromatic carbocycles. The lowest BCUT2D eigenvalue weighted by atomic mass is 10.3. The zero-order chi connectivity index (χ0) is 33.6. The summed E-state index contributed by atoms with van der Waals surface area (Å²) in [5, 5.41) is 28.3. The summed E-state index contributed by atoms with van der Waals surface area (Å²) in [6.45, 7) is -1.76. The van der Waals surface area contributed by atoms with Gasteiger partial charge in [-0.3, -0.25) is 49.3 Å². The van der Waals surface area contributed by atoms with Crippen molar-refractivity contribution in [1.29, 1.82) is 0 Å². The van der Waals surface area contributed by atoms with E-state index in [-0.39, 0.29) is 43.0 Å². The molecule has 23 nitrogen and oxygen atoms in total. The molecule has 0 atom stereocenters. The van der Waals surface area contributed by atoms with Gasteiger partial charge in [-0.2, -0.15) is 0 Å². The lowest BCUT2D eigenvalue weighted by Gasteiger charge is -2.28. The maximum Gasteiger partial charge on any atom is 1.20 e. The van der Waals surface area contributed by atoms with Crippen molar-refractivity contribution < 1.29 is 52.2 Å². The van der Waals surface area contributed by atoms with E-state index in [9.17, 15) is 40.8 Å². The van der Waals surface area contributed by atoms with Gasteiger partial charge in [0.25, 0.3) is 38.0 Å². The summed E-state index contributed by atoms with van der Waals surface area (Å²) < 4.78 is 60.2. The number of aromatic nitrogens is 4. The molecule has 0 spiro atoms. The molecule has 2 saturated heterocycles. The molecule has 28 heteroatoms. The van der Waals surface area contributed by atoms with Crippen LogP contribution in [-0.4, -0.2) is 156 Å². The molecule has 2 amide bonds. The molecule has 0 unspecified atom stereocenters. The second kappa shape index (κ2) is 15.1. The van der Waals surface area contributed by atoms with E-state index < -0.39 is 99.8 Å². The molecule has 0 radical (unpaired) electrons. The topological polar surface area (TPSA) is 319 Å². The highest BCUT2D eigenvalue weighted by Gasteiger charge is 2.50. The first-order valence-corrected chi connectivity index (χ1v) is 18.8. The fourth-order valence-electron chi connectivity index (χ4n) is 3.79. The molecule has 2 aromatic heterocycles. The largest absolute Gasteiger partial charge is 1.20 e. The Hall–Kier alpha value is -3.30. The van der Waals surface area contributed by atoms with E-state index in [0.717, 1.165) is 0 Å². The fraction of sp³-hybridized carbons (Fsp3) is 0.500. The summed E-state index contributed by atoms with van der Waals surface area (Å²) in [6, 6.07) is 0. The van der Waals surface area contributed by atoms with Crippen LogP contribution in [0.5, 0.6) is 0 Å². The van der Waals surface area contributed by atoms with Crippen LogP contribution in [0.3, 0.4) is 0 Å². The average Bonchev–Trinajstić information content (AvgIpc) is 3.58. The zero-order valence-corrected chi connectivity index (χ0v) is 27.7. The molecule has 6 N–H and O–H groups in total. The highest BCUT2D eigenvalue weighted by atomic mass is 32.3. The van der Waals surface area contributed by atoms with Crippen molar-refractivity contribution in [1.82, 2.24) is 35.1 Å². The highest BCUT2D eigenvalue weighted by Crippen LogP contribution is 2.19. The van der Waals surface area contributed by atoms with Crippen LogP contribution in [0.4, 0.5) is 10.3 Å². The normalized spacial score (nSPS) is 18.2. The van der Waals surface area contributed by atoms with Crippen molar-refractivity contribution in [2.75, 3.05) is 69.5 Å². The Morgan fingerprint density at radius 1 is 0.696 bits per heavy atom. The highest BCUT2D eigenvalue weighted by molar-refractivity contribution is 7.91. The lowest BCUT2D eigenvalue weighted by molar-refractivity contribution is -0.148. The Kier molecular flexibility index (Phi) is 11.7. The molecule has 2 aromatic rings. The standard InChI is InChI=1S/C18H27N11O12S4.Al/c19-44(38,39)17-25-23-15(42-17)21-10(30)5-28(8-13(34)35)3-1-27(7-12(32)33)2-4-29(9-14(36)37)6-11(31)22-16-24-26-18(43-16)45(20,40)41;/h1-9H2,(H,32,33)(H,34,35)(H,36,37)(H2,19,38,39)(H2,20,40,41)(H,21,23,30)(H,22,24,31);/q;+3/p-3. The number of hydrogen-bond acceptors (Lipinski definition) is 21. The minimum Gasteiger partial charge on any atom is -0.550 e. The maximum absolute atomic E-state index is 12.7. The van der Waals surface area contributed by atoms with Gasteiger partial charge in [0.1, 0.15) is 0 Å². The summed E-state index contributed by atoms with van der Waals surface area (Å²) >= 11 is -2.70. The predicted octanol–water partition coefficient (Wildman–Crippen LogP) is -5.19. The number of nitrogens with one attached hydrogen (secondary N) is 2. The summed E-state index contributed by atoms with van der Waals surface area (Å²) in [7, 11) is -8.27. The molecular formula is C18H24AlN11O12S4. The predicted molar refractivity (Wildman–Crippen MR) is 153 cm³/mol. The van der Waals surface area contributed by atoms with Gasteiger partial charge in [-0.25, -0.2) is 27.1 Å². The van der Waals surface area contributed by atoms with Gasteiger partial charge in [-0.05, 0) is 0 Å². The van der Waals surface area contributed by atoms with Crippen molar-refractivity contribution in [3.05, 3.63) is 0 Å². The van der Waals surface area contributed by atoms with E-state index in [0.29, 0.717) is 22.7 Å². The summed E-state index contributed by atoms with van der Waals surface area (Å²) in [5.41, 5.74) is 0. The van der Waals surface area contributed by atoms with E-state index in [1.165, 1.54) is 9.80 Å². The number of amides is 2. The molecule has 2 bridgehead atoms. The number of anilines is 2. The average molecular weight is 742 g/mol. The number of carbonyl (C=O) groups excluding carboxylic acids is 5. The van der Waals surface area contributed by atoms with Gasteiger partial charge in [0.15, 0.2) is 0 Å². The van der Waals surface area contributed by atoms with Gasteiger partial charge in [0, 0.05) is 26.2 Å². The first-order chi connectivity index (χ1) is 21.5. The van der Waals surface area contributed by atoms with Crippen LogP contribution in [-0.2, 0) is 55.4 Å². The van der Waals surface area contributed by atoms with Crippen molar-refractivity contribution in [2.24, 2.45) is 10.3 Å². The molecule has 4 heterocycles. The monoisotopic (exact) mass is 741 g/mol. The molecule has 0 saturated carbocycles. The first-order valence-electron chi connectivity index (χ1n) is 12.6. The Balaban J connectivity index is 1.44. The van der Waals surface area contributed by atoms with Gasteiger partial charge < -0.3 is 11.4 Å². The van der Waals surface area contributed by atoms with E-state index >= 15 is 0 Å². The van der Waals surface area contributed by atoms with Crippen molar-refractivity contribution in [3.63, 3.8) is 0 Å². The van der Waals surface area contributed by atoms with Gasteiger partial charge in [-0.1, -0.05) is 22.7 Å². The third-order valence-electron chi connectivity index (χ3n) is 5.73. The SMILES string of the molecule is NS(=O)(=O)c1nnc(NC(=O)CN2CCN3CCN(CC(=O)Nc4nnc(S(N)(=O)=O)s4)CC(=O)[O][Al]([O]C(=O)C3)[O]C(=O)C2)s1. The van der Waals surface area contributed by atoms with Gasteiger partial charge in [0.2, 0.25) is 30.8 Å². The van der Waals surface area contributed by atoms with Crippen molar-refractivity contribution >= 4 is 97.9 Å². The summed E-state index contributed by atoms with van der Waals surface area (Å²) in [6.07, 6.45) is 0. The molecule has 46 heavy (non-hydrogen) atoms. The summed E-state index contributed by atoms with van der Waals surface area (Å²) in [4.78, 5) is 67.7. The molecule has 250 valence electrons. The van der Waals surface area contributed by atoms with Crippen molar-refractivity contribution in [3.8, 4) is 0 Å². The number of sulfonamides is 2. The molecule has 2 aliphatic heterocycles. The van der Waals surface area contributed by atoms with Crippen LogP contribution < -0.4 is 20.9 Å². The fourth-order valence-corrected chi connectivity index (χ4v) is 7.50. The molecule has 2 aliphatic rings. The second-order valence-electron chi connectivity index (χ2n) is 9.39. The van der Waals surface area contributed by atoms with Crippen LogP contribution in [0.1, 0.15) is 0 Å². The Labute approximate surface area is 272 Å². The zero-order valence-electron chi connectivity index (χ0n) is 23.3. The van der Waals surface area contributed by atoms with Gasteiger partial charge >= 0.3 is 15.1 Å². The second-order valence-corrected chi connectivity index (χ2v) is 16.1. The number of primary sulfonamides is 2. The smallest absolute Gasteiger partial charge is 0.550 e. The number of carbonyl (C=O) groups is 5. The Morgan fingerprint density at radius 3 is 1.46 bits per heavy atom. The Morgan fingerprint density at radius 2 is 1.09 bits per heavy atom. The first kappa shape index (κ1) is 35.6. The van der Waals surface area contributed by atoms with Crippen LogP contribution >= 0.6 is 22.7 Å². The van der Waals surface area contributed by atoms with E-state index in [1.54, 1.807) is 4.90 Å². The van der Waals surface area contributed by atoms with Gasteiger partial charge in [-0.15, -0.1) is 20.4 Å².